The molecule has 0 bridgehead atoms. The first-order valence-corrected chi connectivity index (χ1v) is 8.21. The van der Waals surface area contributed by atoms with Crippen LogP contribution in [0.2, 0.25) is 0 Å². The molecule has 3 rings (SSSR count). The van der Waals surface area contributed by atoms with Crippen molar-refractivity contribution in [2.45, 2.75) is 32.1 Å². The van der Waals surface area contributed by atoms with Gasteiger partial charge < -0.3 is 9.88 Å². The van der Waals surface area contributed by atoms with Gasteiger partial charge in [-0.05, 0) is 32.3 Å². The fraction of sp³-hybridized carbons (Fsp3) is 0.438. The molecule has 1 N–H and O–H groups in total. The van der Waals surface area contributed by atoms with Crippen molar-refractivity contribution in [2.75, 3.05) is 6.54 Å². The first kappa shape index (κ1) is 14.8. The molecule has 0 spiro atoms. The van der Waals surface area contributed by atoms with Gasteiger partial charge in [0.25, 0.3) is 5.91 Å². The monoisotopic (exact) mass is 314 g/mol. The Morgan fingerprint density at radius 2 is 2.45 bits per heavy atom. The number of hydrogen-bond donors (Lipinski definition) is 1. The SMILES string of the molecule is Cc1nc2c(s1)CCC[C@H]2CNC(=O)c1cc(C#N)cn1C. The van der Waals surface area contributed by atoms with E-state index < -0.39 is 0 Å². The van der Waals surface area contributed by atoms with Gasteiger partial charge in [0, 0.05) is 30.6 Å². The minimum atomic E-state index is -0.136. The van der Waals surface area contributed by atoms with E-state index in [4.69, 9.17) is 5.26 Å². The maximum Gasteiger partial charge on any atom is 0.267 e. The molecule has 2 heterocycles. The number of aryl methyl sites for hydroxylation is 3. The smallest absolute Gasteiger partial charge is 0.267 e. The van der Waals surface area contributed by atoms with Crippen molar-refractivity contribution in [3.63, 3.8) is 0 Å². The lowest BCUT2D eigenvalue weighted by atomic mass is 9.91. The lowest BCUT2D eigenvalue weighted by molar-refractivity contribution is 0.0942. The largest absolute Gasteiger partial charge is 0.350 e. The van der Waals surface area contributed by atoms with E-state index in [1.54, 1.807) is 35.2 Å². The summed E-state index contributed by atoms with van der Waals surface area (Å²) in [4.78, 5) is 18.3. The molecule has 114 valence electrons. The van der Waals surface area contributed by atoms with Crippen molar-refractivity contribution >= 4 is 17.2 Å². The number of nitrogens with one attached hydrogen (secondary N) is 1. The lowest BCUT2D eigenvalue weighted by Gasteiger charge is -2.21. The van der Waals surface area contributed by atoms with Crippen molar-refractivity contribution in [2.24, 2.45) is 7.05 Å². The van der Waals surface area contributed by atoms with Crippen LogP contribution in [0.15, 0.2) is 12.3 Å². The predicted octanol–water partition coefficient (Wildman–Crippen LogP) is 2.51. The van der Waals surface area contributed by atoms with Crippen LogP contribution in [0, 0.1) is 18.3 Å². The quantitative estimate of drug-likeness (QED) is 0.946. The number of nitrogens with zero attached hydrogens (tertiary/aromatic N) is 3. The molecule has 0 aliphatic heterocycles. The summed E-state index contributed by atoms with van der Waals surface area (Å²) >= 11 is 1.77. The number of amides is 1. The molecular weight excluding hydrogens is 296 g/mol. The summed E-state index contributed by atoms with van der Waals surface area (Å²) in [7, 11) is 1.78. The van der Waals surface area contributed by atoms with Gasteiger partial charge >= 0.3 is 0 Å². The standard InChI is InChI=1S/C16H18N4OS/c1-10-19-15-12(4-3-5-14(15)22-10)8-18-16(21)13-6-11(7-17)9-20(13)2/h6,9,12H,3-5,8H2,1-2H3,(H,18,21)/t12-/m0/s1. The molecule has 0 saturated heterocycles. The highest BCUT2D eigenvalue weighted by molar-refractivity contribution is 7.11. The second-order valence-electron chi connectivity index (χ2n) is 5.68. The molecule has 0 fully saturated rings. The van der Waals surface area contributed by atoms with Crippen LogP contribution >= 0.6 is 11.3 Å². The first-order valence-electron chi connectivity index (χ1n) is 7.39. The van der Waals surface area contributed by atoms with Crippen LogP contribution in [-0.2, 0) is 13.5 Å². The summed E-state index contributed by atoms with van der Waals surface area (Å²) in [5.74, 6) is 0.163. The molecule has 0 unspecified atom stereocenters. The maximum absolute atomic E-state index is 12.3. The maximum atomic E-state index is 12.3. The van der Waals surface area contributed by atoms with E-state index in [-0.39, 0.29) is 5.91 Å². The average molecular weight is 314 g/mol. The number of fused-ring (bicyclic) bond motifs is 1. The Kier molecular flexibility index (Phi) is 3.99. The molecule has 2 aromatic heterocycles. The fourth-order valence-electron chi connectivity index (χ4n) is 2.99. The van der Waals surface area contributed by atoms with Crippen LogP contribution in [0.1, 0.15) is 50.4 Å². The van der Waals surface area contributed by atoms with Gasteiger partial charge in [-0.2, -0.15) is 5.26 Å². The summed E-state index contributed by atoms with van der Waals surface area (Å²) < 4.78 is 1.69. The van der Waals surface area contributed by atoms with E-state index >= 15 is 0 Å². The Balaban J connectivity index is 1.69. The summed E-state index contributed by atoms with van der Waals surface area (Å²) in [6, 6.07) is 3.67. The third kappa shape index (κ3) is 2.77. The summed E-state index contributed by atoms with van der Waals surface area (Å²) in [6.07, 6.45) is 4.98. The number of hydrogen-bond acceptors (Lipinski definition) is 4. The van der Waals surface area contributed by atoms with Crippen molar-refractivity contribution in [1.29, 1.82) is 5.26 Å². The highest BCUT2D eigenvalue weighted by Gasteiger charge is 2.24. The van der Waals surface area contributed by atoms with Crippen molar-refractivity contribution in [3.8, 4) is 6.07 Å². The molecule has 0 radical (unpaired) electrons. The minimum Gasteiger partial charge on any atom is -0.350 e. The van der Waals surface area contributed by atoms with E-state index in [0.717, 1.165) is 24.3 Å². The Labute approximate surface area is 133 Å². The number of aromatic nitrogens is 2. The van der Waals surface area contributed by atoms with Gasteiger partial charge in [0.05, 0.1) is 16.3 Å². The predicted molar refractivity (Wildman–Crippen MR) is 85.0 cm³/mol. The number of thiazole rings is 1. The normalized spacial score (nSPS) is 16.9. The van der Waals surface area contributed by atoms with Crippen molar-refractivity contribution in [1.82, 2.24) is 14.9 Å². The van der Waals surface area contributed by atoms with Crippen LogP contribution in [0.4, 0.5) is 0 Å². The molecule has 5 nitrogen and oxygen atoms in total. The molecule has 1 aliphatic rings. The molecular formula is C16H18N4OS. The molecule has 0 aromatic carbocycles. The van der Waals surface area contributed by atoms with Gasteiger partial charge in [-0.3, -0.25) is 4.79 Å². The van der Waals surface area contributed by atoms with Gasteiger partial charge in [-0.1, -0.05) is 0 Å². The van der Waals surface area contributed by atoms with Gasteiger partial charge in [0.2, 0.25) is 0 Å². The van der Waals surface area contributed by atoms with Crippen LogP contribution in [0.3, 0.4) is 0 Å². The zero-order valence-corrected chi connectivity index (χ0v) is 13.5. The molecule has 1 aliphatic carbocycles. The van der Waals surface area contributed by atoms with E-state index in [9.17, 15) is 4.79 Å². The Bertz CT molecular complexity index is 753. The van der Waals surface area contributed by atoms with E-state index in [1.807, 2.05) is 6.92 Å². The molecule has 2 aromatic rings. The van der Waals surface area contributed by atoms with E-state index in [2.05, 4.69) is 16.4 Å². The molecule has 22 heavy (non-hydrogen) atoms. The zero-order chi connectivity index (χ0) is 15.7. The minimum absolute atomic E-state index is 0.136. The fourth-order valence-corrected chi connectivity index (χ4v) is 4.05. The molecule has 1 atom stereocenters. The van der Waals surface area contributed by atoms with Crippen molar-refractivity contribution in [3.05, 3.63) is 39.1 Å². The summed E-state index contributed by atoms with van der Waals surface area (Å²) in [6.45, 7) is 2.63. The number of rotatable bonds is 3. The number of carbonyl (C=O) groups is 1. The lowest BCUT2D eigenvalue weighted by Crippen LogP contribution is -2.31. The third-order valence-electron chi connectivity index (χ3n) is 4.05. The highest BCUT2D eigenvalue weighted by Crippen LogP contribution is 2.34. The second-order valence-corrected chi connectivity index (χ2v) is 6.96. The van der Waals surface area contributed by atoms with Crippen molar-refractivity contribution < 1.29 is 4.79 Å². The van der Waals surface area contributed by atoms with Crippen LogP contribution in [-0.4, -0.2) is 22.0 Å². The topological polar surface area (TPSA) is 70.7 Å². The molecule has 0 saturated carbocycles. The van der Waals surface area contributed by atoms with Gasteiger partial charge in [0.1, 0.15) is 11.8 Å². The summed E-state index contributed by atoms with van der Waals surface area (Å²) in [5, 5.41) is 13.0. The van der Waals surface area contributed by atoms with Gasteiger partial charge in [-0.25, -0.2) is 4.98 Å². The number of carbonyl (C=O) groups excluding carboxylic acids is 1. The van der Waals surface area contributed by atoms with Gasteiger partial charge in [0.15, 0.2) is 0 Å². The second kappa shape index (κ2) is 5.93. The van der Waals surface area contributed by atoms with Gasteiger partial charge in [-0.15, -0.1) is 11.3 Å². The Morgan fingerprint density at radius 1 is 1.64 bits per heavy atom. The van der Waals surface area contributed by atoms with Crippen LogP contribution < -0.4 is 5.32 Å². The Morgan fingerprint density at radius 3 is 3.18 bits per heavy atom. The number of nitriles is 1. The van der Waals surface area contributed by atoms with Crippen LogP contribution in [0.25, 0.3) is 0 Å². The van der Waals surface area contributed by atoms with Crippen LogP contribution in [0.5, 0.6) is 0 Å². The van der Waals surface area contributed by atoms with E-state index in [1.165, 1.54) is 10.6 Å². The molecule has 1 amide bonds. The Hall–Kier alpha value is -2.13. The summed E-state index contributed by atoms with van der Waals surface area (Å²) in [5.41, 5.74) is 2.18. The zero-order valence-electron chi connectivity index (χ0n) is 12.7. The first-order chi connectivity index (χ1) is 10.6. The molecule has 6 heteroatoms. The highest BCUT2D eigenvalue weighted by atomic mass is 32.1. The average Bonchev–Trinajstić information content (AvgIpc) is 3.06. The third-order valence-corrected chi connectivity index (χ3v) is 5.10. The van der Waals surface area contributed by atoms with E-state index in [0.29, 0.717) is 23.7 Å².